The van der Waals surface area contributed by atoms with Crippen LogP contribution in [0.25, 0.3) is 0 Å². The summed E-state index contributed by atoms with van der Waals surface area (Å²) in [6, 6.07) is 6.48. The van der Waals surface area contributed by atoms with Crippen molar-refractivity contribution in [3.8, 4) is 23.0 Å². The number of nitrogens with one attached hydrogen (secondary N) is 1. The Morgan fingerprint density at radius 1 is 0.852 bits per heavy atom. The van der Waals surface area contributed by atoms with E-state index in [4.69, 9.17) is 18.9 Å². The summed E-state index contributed by atoms with van der Waals surface area (Å²) in [6.07, 6.45) is -4.68. The molecule has 2 rings (SSSR count). The van der Waals surface area contributed by atoms with Crippen LogP contribution in [0.2, 0.25) is 0 Å². The summed E-state index contributed by atoms with van der Waals surface area (Å²) in [5, 5.41) is 2.41. The molecule has 0 aliphatic rings. The smallest absolute Gasteiger partial charge is 0.420 e. The van der Waals surface area contributed by atoms with Crippen LogP contribution >= 0.6 is 0 Å². The van der Waals surface area contributed by atoms with Gasteiger partial charge in [-0.15, -0.1) is 0 Å². The van der Waals surface area contributed by atoms with Crippen molar-refractivity contribution in [2.24, 2.45) is 0 Å². The van der Waals surface area contributed by atoms with Crippen LogP contribution in [0.5, 0.6) is 23.0 Å². The highest BCUT2D eigenvalue weighted by Crippen LogP contribution is 2.42. The van der Waals surface area contributed by atoms with Crippen LogP contribution in [-0.2, 0) is 6.18 Å². The van der Waals surface area contributed by atoms with Crippen LogP contribution in [0.15, 0.2) is 30.3 Å². The highest BCUT2D eigenvalue weighted by Gasteiger charge is 2.36. The predicted molar refractivity (Wildman–Crippen MR) is 92.0 cm³/mol. The van der Waals surface area contributed by atoms with Crippen molar-refractivity contribution in [2.75, 3.05) is 33.8 Å². The number of amides is 1. The summed E-state index contributed by atoms with van der Waals surface area (Å²) in [5.41, 5.74) is -1.19. The standard InChI is InChI=1S/C18H18F3NO5/c1-24-12-6-5-7-13(25-2)16(12)17(23)22-11-8-10(18(19,20)21)14(26-3)9-15(11)27-4/h5-9H,1-4H3,(H,22,23). The van der Waals surface area contributed by atoms with Crippen molar-refractivity contribution in [3.05, 3.63) is 41.5 Å². The molecule has 0 bridgehead atoms. The molecule has 0 heterocycles. The molecule has 6 nitrogen and oxygen atoms in total. The van der Waals surface area contributed by atoms with Crippen molar-refractivity contribution in [1.82, 2.24) is 0 Å². The average Bonchev–Trinajstić information content (AvgIpc) is 2.65. The van der Waals surface area contributed by atoms with E-state index in [1.54, 1.807) is 6.07 Å². The Labute approximate surface area is 153 Å². The third kappa shape index (κ3) is 4.18. The maximum atomic E-state index is 13.3. The number of ether oxygens (including phenoxy) is 4. The number of rotatable bonds is 6. The van der Waals surface area contributed by atoms with Gasteiger partial charge in [-0.25, -0.2) is 0 Å². The van der Waals surface area contributed by atoms with E-state index in [0.29, 0.717) is 0 Å². The number of carbonyl (C=O) groups is 1. The second kappa shape index (κ2) is 8.07. The summed E-state index contributed by atoms with van der Waals surface area (Å²) < 4.78 is 60.0. The summed E-state index contributed by atoms with van der Waals surface area (Å²) in [6.45, 7) is 0. The molecule has 146 valence electrons. The van der Waals surface area contributed by atoms with Gasteiger partial charge in [0.05, 0.1) is 39.7 Å². The molecule has 1 N–H and O–H groups in total. The summed E-state index contributed by atoms with van der Waals surface area (Å²) in [5.74, 6) is -0.735. The lowest BCUT2D eigenvalue weighted by molar-refractivity contribution is -0.138. The van der Waals surface area contributed by atoms with E-state index in [1.807, 2.05) is 0 Å². The molecule has 0 unspecified atom stereocenters. The zero-order valence-corrected chi connectivity index (χ0v) is 15.1. The maximum absolute atomic E-state index is 13.3. The molecule has 0 aliphatic heterocycles. The van der Waals surface area contributed by atoms with E-state index in [2.05, 4.69) is 5.32 Å². The minimum Gasteiger partial charge on any atom is -0.496 e. The summed E-state index contributed by atoms with van der Waals surface area (Å²) in [4.78, 5) is 12.7. The van der Waals surface area contributed by atoms with Crippen LogP contribution < -0.4 is 24.3 Å². The zero-order chi connectivity index (χ0) is 20.2. The lowest BCUT2D eigenvalue weighted by Crippen LogP contribution is -2.16. The summed E-state index contributed by atoms with van der Waals surface area (Å²) >= 11 is 0. The van der Waals surface area contributed by atoms with Crippen molar-refractivity contribution < 1.29 is 36.9 Å². The van der Waals surface area contributed by atoms with Gasteiger partial charge in [0.25, 0.3) is 5.91 Å². The monoisotopic (exact) mass is 385 g/mol. The second-order valence-corrected chi connectivity index (χ2v) is 5.24. The van der Waals surface area contributed by atoms with Gasteiger partial charge in [-0.2, -0.15) is 13.2 Å². The Morgan fingerprint density at radius 2 is 1.37 bits per heavy atom. The highest BCUT2D eigenvalue weighted by molar-refractivity contribution is 6.09. The Kier molecular flexibility index (Phi) is 6.04. The first-order valence-corrected chi connectivity index (χ1v) is 7.62. The fraction of sp³-hybridized carbons (Fsp3) is 0.278. The van der Waals surface area contributed by atoms with Gasteiger partial charge in [0.15, 0.2) is 0 Å². The predicted octanol–water partition coefficient (Wildman–Crippen LogP) is 3.99. The quantitative estimate of drug-likeness (QED) is 0.815. The first kappa shape index (κ1) is 20.2. The molecule has 1 amide bonds. The molecule has 27 heavy (non-hydrogen) atoms. The van der Waals surface area contributed by atoms with Gasteiger partial charge in [0.1, 0.15) is 28.6 Å². The number of hydrogen-bond donors (Lipinski definition) is 1. The van der Waals surface area contributed by atoms with Crippen LogP contribution in [0, 0.1) is 0 Å². The SMILES string of the molecule is COc1cc(OC)c(C(F)(F)F)cc1NC(=O)c1c(OC)cccc1OC. The molecule has 0 aliphatic carbocycles. The lowest BCUT2D eigenvalue weighted by atomic mass is 10.1. The van der Waals surface area contributed by atoms with E-state index in [9.17, 15) is 18.0 Å². The van der Waals surface area contributed by atoms with Gasteiger partial charge in [-0.3, -0.25) is 4.79 Å². The maximum Gasteiger partial charge on any atom is 0.420 e. The average molecular weight is 385 g/mol. The summed E-state index contributed by atoms with van der Waals surface area (Å²) in [7, 11) is 5.10. The van der Waals surface area contributed by atoms with Crippen molar-refractivity contribution in [1.29, 1.82) is 0 Å². The minimum atomic E-state index is -4.68. The van der Waals surface area contributed by atoms with Gasteiger partial charge in [0, 0.05) is 6.07 Å². The van der Waals surface area contributed by atoms with Gasteiger partial charge in [0.2, 0.25) is 0 Å². The Morgan fingerprint density at radius 3 is 1.81 bits per heavy atom. The van der Waals surface area contributed by atoms with E-state index in [1.165, 1.54) is 33.5 Å². The molecule has 0 saturated heterocycles. The van der Waals surface area contributed by atoms with Gasteiger partial charge < -0.3 is 24.3 Å². The van der Waals surface area contributed by atoms with E-state index in [-0.39, 0.29) is 28.5 Å². The number of anilines is 1. The van der Waals surface area contributed by atoms with Crippen LogP contribution in [-0.4, -0.2) is 34.3 Å². The molecule has 0 atom stereocenters. The molecular weight excluding hydrogens is 367 g/mol. The van der Waals surface area contributed by atoms with E-state index in [0.717, 1.165) is 19.2 Å². The third-order valence-electron chi connectivity index (χ3n) is 3.73. The molecule has 0 saturated carbocycles. The second-order valence-electron chi connectivity index (χ2n) is 5.24. The molecule has 0 spiro atoms. The van der Waals surface area contributed by atoms with Gasteiger partial charge in [-0.05, 0) is 18.2 Å². The number of benzene rings is 2. The molecule has 0 radical (unpaired) electrons. The molecular formula is C18H18F3NO5. The molecule has 2 aromatic carbocycles. The molecule has 2 aromatic rings. The highest BCUT2D eigenvalue weighted by atomic mass is 19.4. The number of methoxy groups -OCH3 is 4. The first-order valence-electron chi connectivity index (χ1n) is 7.62. The van der Waals surface area contributed by atoms with Crippen LogP contribution in [0.4, 0.5) is 18.9 Å². The van der Waals surface area contributed by atoms with Crippen molar-refractivity contribution in [3.63, 3.8) is 0 Å². The number of hydrogen-bond acceptors (Lipinski definition) is 5. The van der Waals surface area contributed by atoms with Gasteiger partial charge in [-0.1, -0.05) is 6.07 Å². The fourth-order valence-electron chi connectivity index (χ4n) is 2.48. The molecule has 9 heteroatoms. The fourth-order valence-corrected chi connectivity index (χ4v) is 2.48. The molecule has 0 fully saturated rings. The minimum absolute atomic E-state index is 0.00191. The number of halogens is 3. The topological polar surface area (TPSA) is 66.0 Å². The zero-order valence-electron chi connectivity index (χ0n) is 15.1. The lowest BCUT2D eigenvalue weighted by Gasteiger charge is -2.18. The van der Waals surface area contributed by atoms with Crippen LogP contribution in [0.1, 0.15) is 15.9 Å². The van der Waals surface area contributed by atoms with Crippen molar-refractivity contribution in [2.45, 2.75) is 6.18 Å². The Hall–Kier alpha value is -3.10. The van der Waals surface area contributed by atoms with Crippen LogP contribution in [0.3, 0.4) is 0 Å². The van der Waals surface area contributed by atoms with Gasteiger partial charge >= 0.3 is 6.18 Å². The van der Waals surface area contributed by atoms with E-state index < -0.39 is 23.4 Å². The largest absolute Gasteiger partial charge is 0.496 e. The van der Waals surface area contributed by atoms with E-state index >= 15 is 0 Å². The normalized spacial score (nSPS) is 10.9. The number of alkyl halides is 3. The third-order valence-corrected chi connectivity index (χ3v) is 3.73. The Balaban J connectivity index is 2.53. The van der Waals surface area contributed by atoms with Crippen molar-refractivity contribution >= 4 is 11.6 Å². The molecule has 0 aromatic heterocycles. The Bertz CT molecular complexity index is 814. The first-order chi connectivity index (χ1) is 12.8. The number of carbonyl (C=O) groups excluding carboxylic acids is 1.